The fourth-order valence-corrected chi connectivity index (χ4v) is 6.16. The second-order valence-electron chi connectivity index (χ2n) is 14.4. The molecule has 0 aliphatic heterocycles. The Labute approximate surface area is 328 Å². The number of carbonyl (C=O) groups excluding carboxylic acids is 2. The Bertz CT molecular complexity index is 1050. The number of phosphoric ester groups is 1. The van der Waals surface area contributed by atoms with E-state index in [2.05, 4.69) is 24.4 Å². The third kappa shape index (κ3) is 39.6. The van der Waals surface area contributed by atoms with Gasteiger partial charge in [0.05, 0.1) is 18.8 Å². The number of hydrogen-bond acceptors (Lipinski definition) is 8. The van der Waals surface area contributed by atoms with Gasteiger partial charge in [-0.25, -0.2) is 4.57 Å². The summed E-state index contributed by atoms with van der Waals surface area (Å²) in [6.07, 6.45) is 38.9. The van der Waals surface area contributed by atoms with Gasteiger partial charge in [0.25, 0.3) is 0 Å². The van der Waals surface area contributed by atoms with Crippen molar-refractivity contribution >= 4 is 19.8 Å². The number of unbranched alkanes of at least 4 members (excludes halogenated alkanes) is 19. The average molecular weight is 785 g/mol. The van der Waals surface area contributed by atoms with Crippen molar-refractivity contribution in [1.82, 2.24) is 0 Å². The van der Waals surface area contributed by atoms with E-state index in [1.807, 2.05) is 6.08 Å². The lowest BCUT2D eigenvalue weighted by molar-refractivity contribution is -0.161. The molecule has 0 fully saturated rings. The van der Waals surface area contributed by atoms with Crippen LogP contribution in [0.3, 0.4) is 0 Å². The highest BCUT2D eigenvalue weighted by Gasteiger charge is 2.23. The Balaban J connectivity index is 4.16. The average Bonchev–Trinajstić information content (AvgIpc) is 3.13. The second kappa shape index (κ2) is 37.8. The standard InChI is InChI=1S/C43H77O10P/c1-3-5-7-9-11-12-13-14-15-16-17-18-19-20-21-23-29-35-42(46)51-37-41(38-52-54(48,49)50)53-43(47)36-30-34-40(45)33-28-25-24-27-32-39(44)31-26-22-10-8-6-4-2/h22,24-28,32-33,39-41,44-45H,3-21,23,29-31,34-38H2,1-2H3,(H2,48,49,50)/b25-24+,26-22-,32-27+,33-28-/t39-,40-,41+/m0/s1. The molecule has 0 spiro atoms. The number of hydrogen-bond donors (Lipinski definition) is 4. The van der Waals surface area contributed by atoms with E-state index >= 15 is 0 Å². The Hall–Kier alpha value is -2.07. The van der Waals surface area contributed by atoms with Crippen molar-refractivity contribution in [3.05, 3.63) is 48.6 Å². The number of carbonyl (C=O) groups is 2. The molecule has 0 saturated carbocycles. The Morgan fingerprint density at radius 1 is 0.574 bits per heavy atom. The first-order chi connectivity index (χ1) is 26.1. The molecule has 0 bridgehead atoms. The second-order valence-corrected chi connectivity index (χ2v) is 15.6. The van der Waals surface area contributed by atoms with E-state index in [0.29, 0.717) is 19.3 Å². The molecule has 0 saturated heterocycles. The molecule has 0 rings (SSSR count). The summed E-state index contributed by atoms with van der Waals surface area (Å²) in [5.41, 5.74) is 0. The maximum absolute atomic E-state index is 12.4. The van der Waals surface area contributed by atoms with E-state index in [9.17, 15) is 24.4 Å². The van der Waals surface area contributed by atoms with Crippen molar-refractivity contribution in [3.8, 4) is 0 Å². The van der Waals surface area contributed by atoms with Crippen LogP contribution < -0.4 is 0 Å². The highest BCUT2D eigenvalue weighted by Crippen LogP contribution is 2.36. The molecule has 0 aromatic rings. The van der Waals surface area contributed by atoms with Gasteiger partial charge in [-0.3, -0.25) is 14.1 Å². The quantitative estimate of drug-likeness (QED) is 0.0156. The zero-order valence-electron chi connectivity index (χ0n) is 33.8. The Morgan fingerprint density at radius 3 is 1.59 bits per heavy atom. The van der Waals surface area contributed by atoms with Crippen molar-refractivity contribution in [2.24, 2.45) is 0 Å². The minimum absolute atomic E-state index is 0.0476. The Morgan fingerprint density at radius 2 is 1.06 bits per heavy atom. The molecular formula is C43H77O10P. The normalized spacial score (nSPS) is 14.1. The van der Waals surface area contributed by atoms with Crippen molar-refractivity contribution < 1.29 is 48.2 Å². The van der Waals surface area contributed by atoms with Gasteiger partial charge >= 0.3 is 19.8 Å². The first-order valence-corrected chi connectivity index (χ1v) is 22.7. The lowest BCUT2D eigenvalue weighted by Crippen LogP contribution is -2.29. The highest BCUT2D eigenvalue weighted by molar-refractivity contribution is 7.46. The molecule has 10 nitrogen and oxygen atoms in total. The van der Waals surface area contributed by atoms with Crippen molar-refractivity contribution in [2.75, 3.05) is 13.2 Å². The molecule has 0 radical (unpaired) electrons. The summed E-state index contributed by atoms with van der Waals surface area (Å²) in [6.45, 7) is 3.43. The van der Waals surface area contributed by atoms with E-state index in [4.69, 9.17) is 19.3 Å². The van der Waals surface area contributed by atoms with E-state index < -0.39 is 44.7 Å². The first kappa shape index (κ1) is 51.9. The minimum Gasteiger partial charge on any atom is -0.462 e. The molecule has 11 heteroatoms. The number of phosphoric acid groups is 1. The molecule has 3 atom stereocenters. The van der Waals surface area contributed by atoms with Crippen LogP contribution in [0.2, 0.25) is 0 Å². The summed E-state index contributed by atoms with van der Waals surface area (Å²) in [6, 6.07) is 0. The van der Waals surface area contributed by atoms with Crippen molar-refractivity contribution in [2.45, 2.75) is 199 Å². The number of rotatable bonds is 38. The lowest BCUT2D eigenvalue weighted by atomic mass is 10.0. The minimum atomic E-state index is -4.82. The summed E-state index contributed by atoms with van der Waals surface area (Å²) < 4.78 is 26.2. The zero-order valence-corrected chi connectivity index (χ0v) is 34.7. The zero-order chi connectivity index (χ0) is 40.0. The molecule has 0 unspecified atom stereocenters. The molecule has 4 N–H and O–H groups in total. The monoisotopic (exact) mass is 785 g/mol. The predicted molar refractivity (Wildman–Crippen MR) is 219 cm³/mol. The summed E-state index contributed by atoms with van der Waals surface area (Å²) >= 11 is 0. The molecule has 314 valence electrons. The van der Waals surface area contributed by atoms with Crippen LogP contribution in [0.5, 0.6) is 0 Å². The van der Waals surface area contributed by atoms with Gasteiger partial charge in [-0.05, 0) is 38.5 Å². The number of allylic oxidation sites excluding steroid dienone is 5. The third-order valence-electron chi connectivity index (χ3n) is 9.04. The molecule has 0 aromatic carbocycles. The van der Waals surface area contributed by atoms with Crippen molar-refractivity contribution in [1.29, 1.82) is 0 Å². The summed E-state index contributed by atoms with van der Waals surface area (Å²) in [7, 11) is -4.82. The molecular weight excluding hydrogens is 707 g/mol. The first-order valence-electron chi connectivity index (χ1n) is 21.1. The van der Waals surface area contributed by atoms with Crippen LogP contribution in [0.1, 0.15) is 181 Å². The maximum atomic E-state index is 12.4. The highest BCUT2D eigenvalue weighted by atomic mass is 31.2. The van der Waals surface area contributed by atoms with Crippen LogP contribution in [0.4, 0.5) is 0 Å². The van der Waals surface area contributed by atoms with E-state index in [0.717, 1.165) is 25.7 Å². The SMILES string of the molecule is CCCCC/C=C\C[C@H](O)/C=C/C=C/C=C\[C@H](O)CCCC(=O)O[C@H](COC(=O)CCCCCCCCCCCCCCCCCCC)COP(=O)(O)O. The lowest BCUT2D eigenvalue weighted by Gasteiger charge is -2.18. The van der Waals surface area contributed by atoms with Gasteiger partial charge in [-0.2, -0.15) is 0 Å². The molecule has 0 amide bonds. The van der Waals surface area contributed by atoms with Crippen LogP contribution in [-0.4, -0.2) is 63.5 Å². The van der Waals surface area contributed by atoms with Gasteiger partial charge in [0.15, 0.2) is 6.10 Å². The number of aliphatic hydroxyl groups excluding tert-OH is 2. The largest absolute Gasteiger partial charge is 0.469 e. The molecule has 0 aliphatic carbocycles. The van der Waals surface area contributed by atoms with Crippen LogP contribution >= 0.6 is 7.82 Å². The van der Waals surface area contributed by atoms with Gasteiger partial charge < -0.3 is 29.5 Å². The van der Waals surface area contributed by atoms with E-state index in [-0.39, 0.29) is 25.9 Å². The van der Waals surface area contributed by atoms with Gasteiger partial charge in [-0.15, -0.1) is 0 Å². The molecule has 54 heavy (non-hydrogen) atoms. The Kier molecular flexibility index (Phi) is 36.4. The summed E-state index contributed by atoms with van der Waals surface area (Å²) in [5, 5.41) is 20.2. The summed E-state index contributed by atoms with van der Waals surface area (Å²) in [4.78, 5) is 42.9. The van der Waals surface area contributed by atoms with Gasteiger partial charge in [0.1, 0.15) is 6.61 Å². The fourth-order valence-electron chi connectivity index (χ4n) is 5.80. The van der Waals surface area contributed by atoms with Gasteiger partial charge in [-0.1, -0.05) is 178 Å². The van der Waals surface area contributed by atoms with Gasteiger partial charge in [0.2, 0.25) is 0 Å². The number of esters is 2. The maximum Gasteiger partial charge on any atom is 0.469 e. The van der Waals surface area contributed by atoms with Crippen LogP contribution in [0.15, 0.2) is 48.6 Å². The van der Waals surface area contributed by atoms with Gasteiger partial charge in [0, 0.05) is 12.8 Å². The predicted octanol–water partition coefficient (Wildman–Crippen LogP) is 10.7. The molecule has 0 aromatic heterocycles. The summed E-state index contributed by atoms with van der Waals surface area (Å²) in [5.74, 6) is -1.12. The topological polar surface area (TPSA) is 160 Å². The molecule has 0 heterocycles. The van der Waals surface area contributed by atoms with E-state index in [1.54, 1.807) is 36.5 Å². The molecule has 0 aliphatic rings. The van der Waals surface area contributed by atoms with E-state index in [1.165, 1.54) is 103 Å². The number of aliphatic hydroxyl groups is 2. The van der Waals surface area contributed by atoms with Crippen LogP contribution in [0, 0.1) is 0 Å². The fraction of sp³-hybridized carbons (Fsp3) is 0.767. The number of ether oxygens (including phenoxy) is 2. The van der Waals surface area contributed by atoms with Crippen LogP contribution in [-0.2, 0) is 28.2 Å². The smallest absolute Gasteiger partial charge is 0.462 e. The van der Waals surface area contributed by atoms with Crippen LogP contribution in [0.25, 0.3) is 0 Å². The van der Waals surface area contributed by atoms with Crippen molar-refractivity contribution in [3.63, 3.8) is 0 Å². The third-order valence-corrected chi connectivity index (χ3v) is 9.53.